The Bertz CT molecular complexity index is 2140. The Labute approximate surface area is 263 Å². The van der Waals surface area contributed by atoms with E-state index in [1.165, 1.54) is 36.4 Å². The van der Waals surface area contributed by atoms with Crippen molar-refractivity contribution in [1.29, 1.82) is 5.26 Å². The number of nitriles is 1. The van der Waals surface area contributed by atoms with Gasteiger partial charge in [0.05, 0.1) is 11.6 Å². The molecule has 0 saturated carbocycles. The molecule has 1 amide bonds. The van der Waals surface area contributed by atoms with Crippen molar-refractivity contribution >= 4 is 39.9 Å². The van der Waals surface area contributed by atoms with Crippen LogP contribution < -0.4 is 0 Å². The topological polar surface area (TPSA) is 111 Å². The minimum atomic E-state index is -2.68. The Morgan fingerprint density at radius 2 is 1.69 bits per heavy atom. The van der Waals surface area contributed by atoms with Crippen LogP contribution in [-0.2, 0) is 11.4 Å². The third-order valence-corrected chi connectivity index (χ3v) is 8.94. The summed E-state index contributed by atoms with van der Waals surface area (Å²) in [7, 11) is 0. The summed E-state index contributed by atoms with van der Waals surface area (Å²) >= 11 is 4.61. The Morgan fingerprint density at radius 3 is 2.40 bits per heavy atom. The van der Waals surface area contributed by atoms with Gasteiger partial charge in [-0.3, -0.25) is 9.78 Å². The van der Waals surface area contributed by atoms with Gasteiger partial charge in [-0.2, -0.15) is 9.23 Å². The number of aromatic nitrogens is 2. The number of fused-ring (bicyclic) bond motifs is 1. The summed E-state index contributed by atoms with van der Waals surface area (Å²) in [6.45, 7) is 0. The fourth-order valence-electron chi connectivity index (χ4n) is 5.18. The molecule has 1 atom stereocenters. The van der Waals surface area contributed by atoms with Crippen molar-refractivity contribution in [3.8, 4) is 39.6 Å². The molecule has 0 saturated heterocycles. The van der Waals surface area contributed by atoms with Gasteiger partial charge in [-0.25, -0.2) is 8.78 Å². The van der Waals surface area contributed by atoms with Gasteiger partial charge in [0, 0.05) is 49.8 Å². The summed E-state index contributed by atoms with van der Waals surface area (Å²) in [6.07, 6.45) is -1.08. The molecule has 7 nitrogen and oxygen atoms in total. The van der Waals surface area contributed by atoms with Crippen LogP contribution >= 0.6 is 11.6 Å². The van der Waals surface area contributed by atoms with E-state index < -0.39 is 23.7 Å². The van der Waals surface area contributed by atoms with E-state index in [4.69, 9.17) is 11.6 Å². The molecule has 1 unspecified atom stereocenters. The molecule has 0 bridgehead atoms. The van der Waals surface area contributed by atoms with E-state index in [0.29, 0.717) is 50.1 Å². The standard InChI is InChI=1S/C34H19ClF2N4O3S/c35-28-18-23(34(42)40-43)12-15-26(28)21-6-3-7-22(17-21)32-30(27-8-2-1-5-24(27)19-38)31-29(9-4-16-39-31)41(32)45(44)25-13-10-20(11-14-25)33(36)37/h1-18,33H. The van der Waals surface area contributed by atoms with Crippen LogP contribution in [-0.4, -0.2) is 19.4 Å². The molecule has 220 valence electrons. The number of nitrogens with zero attached hydrogens (tertiary/aromatic N) is 4. The Morgan fingerprint density at radius 1 is 0.933 bits per heavy atom. The van der Waals surface area contributed by atoms with Gasteiger partial charge in [0.15, 0.2) is 4.90 Å². The predicted molar refractivity (Wildman–Crippen MR) is 169 cm³/mol. The van der Waals surface area contributed by atoms with Crippen LogP contribution in [0.2, 0.25) is 5.02 Å². The van der Waals surface area contributed by atoms with Crippen molar-refractivity contribution in [1.82, 2.24) is 8.96 Å². The number of carbonyl (C=O) groups excluding carboxylic acids is 1. The second-order valence-corrected chi connectivity index (χ2v) is 11.6. The number of amides is 1. The van der Waals surface area contributed by atoms with Gasteiger partial charge < -0.3 is 4.55 Å². The van der Waals surface area contributed by atoms with E-state index in [0.717, 1.165) is 0 Å². The first kappa shape index (κ1) is 29.8. The van der Waals surface area contributed by atoms with Crippen molar-refractivity contribution in [2.24, 2.45) is 5.18 Å². The predicted octanol–water partition coefficient (Wildman–Crippen LogP) is 8.98. The molecule has 2 aromatic heterocycles. The summed E-state index contributed by atoms with van der Waals surface area (Å²) in [6, 6.07) is 29.6. The number of nitroso groups, excluding NO2 is 1. The van der Waals surface area contributed by atoms with E-state index in [1.54, 1.807) is 64.8 Å². The normalized spacial score (nSPS) is 11.8. The molecule has 0 fully saturated rings. The molecule has 0 aliphatic carbocycles. The number of carbonyl (C=O) groups is 1. The van der Waals surface area contributed by atoms with Gasteiger partial charge in [0.25, 0.3) is 6.43 Å². The highest BCUT2D eigenvalue weighted by molar-refractivity contribution is 7.90. The summed E-state index contributed by atoms with van der Waals surface area (Å²) in [5.74, 6) is -0.945. The molecule has 0 aliphatic rings. The number of pyridine rings is 1. The molecule has 6 rings (SSSR count). The zero-order valence-corrected chi connectivity index (χ0v) is 24.6. The third-order valence-electron chi connectivity index (χ3n) is 7.24. The van der Waals surface area contributed by atoms with E-state index in [9.17, 15) is 28.3 Å². The van der Waals surface area contributed by atoms with Crippen LogP contribution in [0.1, 0.15) is 27.9 Å². The highest BCUT2D eigenvalue weighted by Gasteiger charge is 2.30. The molecule has 2 heterocycles. The lowest BCUT2D eigenvalue weighted by Gasteiger charge is -2.17. The number of rotatable bonds is 7. The van der Waals surface area contributed by atoms with E-state index in [2.05, 4.69) is 16.2 Å². The molecular formula is C34H19ClF2N4O3S. The average Bonchev–Trinajstić information content (AvgIpc) is 3.42. The first-order valence-electron chi connectivity index (χ1n) is 13.4. The van der Waals surface area contributed by atoms with Gasteiger partial charge in [0.2, 0.25) is 0 Å². The zero-order chi connectivity index (χ0) is 31.7. The molecule has 0 spiro atoms. The van der Waals surface area contributed by atoms with Crippen molar-refractivity contribution < 1.29 is 18.1 Å². The molecule has 0 N–H and O–H groups in total. The number of benzene rings is 4. The summed E-state index contributed by atoms with van der Waals surface area (Å²) in [4.78, 5) is 27.5. The van der Waals surface area contributed by atoms with Crippen molar-refractivity contribution in [2.45, 2.75) is 11.3 Å². The third kappa shape index (κ3) is 5.49. The minimum absolute atomic E-state index is 0.0461. The maximum Gasteiger partial charge on any atom is 0.316 e. The molecule has 0 radical (unpaired) electrons. The van der Waals surface area contributed by atoms with E-state index >= 15 is 0 Å². The van der Waals surface area contributed by atoms with Crippen molar-refractivity contribution in [3.63, 3.8) is 0 Å². The summed E-state index contributed by atoms with van der Waals surface area (Å²) in [5, 5.41) is 12.7. The van der Waals surface area contributed by atoms with Crippen LogP contribution in [0.4, 0.5) is 8.78 Å². The van der Waals surface area contributed by atoms with Crippen LogP contribution in [0.5, 0.6) is 0 Å². The van der Waals surface area contributed by atoms with Gasteiger partial charge in [-0.1, -0.05) is 54.1 Å². The Balaban J connectivity index is 1.63. The first-order valence-corrected chi connectivity index (χ1v) is 14.9. The van der Waals surface area contributed by atoms with Crippen molar-refractivity contribution in [2.75, 3.05) is 0 Å². The lowest BCUT2D eigenvalue weighted by molar-refractivity contribution is 0.100. The molecule has 0 aliphatic heterocycles. The largest absolute Gasteiger partial charge is 0.587 e. The lowest BCUT2D eigenvalue weighted by atomic mass is 9.94. The smallest absolute Gasteiger partial charge is 0.316 e. The van der Waals surface area contributed by atoms with Crippen LogP contribution in [0, 0.1) is 16.2 Å². The average molecular weight is 637 g/mol. The van der Waals surface area contributed by atoms with Crippen LogP contribution in [0.15, 0.2) is 119 Å². The van der Waals surface area contributed by atoms with Crippen LogP contribution in [0.3, 0.4) is 0 Å². The molecular weight excluding hydrogens is 618 g/mol. The SMILES string of the molecule is N#Cc1ccccc1-c1c(-c2cccc(-c3ccc(C(=O)N=O)cc3Cl)c2)n([S+]([O-])c2ccc(C(F)F)cc2)c2cccnc12. The van der Waals surface area contributed by atoms with E-state index in [1.807, 2.05) is 12.1 Å². The van der Waals surface area contributed by atoms with Gasteiger partial charge >= 0.3 is 5.91 Å². The molecule has 6 aromatic rings. The second kappa shape index (κ2) is 12.4. The summed E-state index contributed by atoms with van der Waals surface area (Å²) < 4.78 is 42.6. The Kier molecular flexibility index (Phi) is 8.24. The summed E-state index contributed by atoms with van der Waals surface area (Å²) in [5.41, 5.74) is 4.60. The van der Waals surface area contributed by atoms with Gasteiger partial charge in [-0.05, 0) is 66.2 Å². The molecule has 4 aromatic carbocycles. The zero-order valence-electron chi connectivity index (χ0n) is 23.0. The quantitative estimate of drug-likeness (QED) is 0.128. The first-order chi connectivity index (χ1) is 21.8. The number of alkyl halides is 2. The van der Waals surface area contributed by atoms with Gasteiger partial charge in [0.1, 0.15) is 28.1 Å². The highest BCUT2D eigenvalue weighted by Crippen LogP contribution is 2.44. The minimum Gasteiger partial charge on any atom is -0.587 e. The maximum atomic E-state index is 14.4. The Hall–Kier alpha value is -5.21. The lowest BCUT2D eigenvalue weighted by Crippen LogP contribution is -2.14. The number of hydrogen-bond donors (Lipinski definition) is 0. The van der Waals surface area contributed by atoms with Gasteiger partial charge in [-0.15, -0.1) is 4.91 Å². The number of halogens is 3. The number of hydrogen-bond acceptors (Lipinski definition) is 5. The fourth-order valence-corrected chi connectivity index (χ4v) is 6.74. The van der Waals surface area contributed by atoms with Crippen molar-refractivity contribution in [3.05, 3.63) is 136 Å². The molecule has 45 heavy (non-hydrogen) atoms. The van der Waals surface area contributed by atoms with E-state index in [-0.39, 0.29) is 21.0 Å². The fraction of sp³-hybridized carbons (Fsp3) is 0.0294. The molecule has 11 heteroatoms. The monoisotopic (exact) mass is 636 g/mol. The maximum absolute atomic E-state index is 14.4. The van der Waals surface area contributed by atoms with Crippen LogP contribution in [0.25, 0.3) is 44.5 Å². The second-order valence-electron chi connectivity index (χ2n) is 9.84. The highest BCUT2D eigenvalue weighted by atomic mass is 35.5.